The van der Waals surface area contributed by atoms with Gasteiger partial charge in [0.05, 0.1) is 11.0 Å². The fraction of sp³-hybridized carbons (Fsp3) is 0.444. The van der Waals surface area contributed by atoms with Crippen LogP contribution in [0.2, 0.25) is 0 Å². The van der Waals surface area contributed by atoms with Crippen molar-refractivity contribution in [3.05, 3.63) is 30.1 Å². The zero-order chi connectivity index (χ0) is 16.2. The molecule has 0 bridgehead atoms. The zero-order valence-corrected chi connectivity index (χ0v) is 13.7. The first-order valence-electron chi connectivity index (χ1n) is 8.31. The molecule has 5 heteroatoms. The van der Waals surface area contributed by atoms with E-state index in [1.807, 2.05) is 18.2 Å². The first kappa shape index (κ1) is 14.5. The summed E-state index contributed by atoms with van der Waals surface area (Å²) in [6.07, 6.45) is 2.07. The van der Waals surface area contributed by atoms with Crippen molar-refractivity contribution in [3.63, 3.8) is 0 Å². The topological polar surface area (TPSA) is 82.8 Å². The molecule has 1 aliphatic rings. The minimum atomic E-state index is 0.0918. The number of para-hydroxylation sites is 1. The Morgan fingerprint density at radius 3 is 2.83 bits per heavy atom. The summed E-state index contributed by atoms with van der Waals surface area (Å²) >= 11 is 0. The fourth-order valence-electron chi connectivity index (χ4n) is 4.06. The predicted octanol–water partition coefficient (Wildman–Crippen LogP) is 2.71. The molecule has 0 saturated heterocycles. The van der Waals surface area contributed by atoms with E-state index in [4.69, 9.17) is 16.5 Å². The maximum atomic E-state index is 6.19. The predicted molar refractivity (Wildman–Crippen MR) is 94.1 cm³/mol. The highest BCUT2D eigenvalue weighted by atomic mass is 15.1. The highest BCUT2D eigenvalue weighted by Gasteiger charge is 2.38. The summed E-state index contributed by atoms with van der Waals surface area (Å²) in [6.45, 7) is 6.11. The lowest BCUT2D eigenvalue weighted by molar-refractivity contribution is 0.130. The smallest absolute Gasteiger partial charge is 0.152 e. The summed E-state index contributed by atoms with van der Waals surface area (Å²) in [5.41, 5.74) is 15.3. The Morgan fingerprint density at radius 1 is 1.30 bits per heavy atom. The first-order valence-corrected chi connectivity index (χ1v) is 8.31. The van der Waals surface area contributed by atoms with Gasteiger partial charge in [-0.1, -0.05) is 38.5 Å². The molecule has 4 rings (SSSR count). The summed E-state index contributed by atoms with van der Waals surface area (Å²) in [7, 11) is 0. The van der Waals surface area contributed by atoms with Gasteiger partial charge in [0, 0.05) is 23.8 Å². The first-order chi connectivity index (χ1) is 11.1. The van der Waals surface area contributed by atoms with E-state index in [0.717, 1.165) is 47.1 Å². The minimum absolute atomic E-state index is 0.0918. The number of nitrogen functional groups attached to an aromatic ring is 1. The fourth-order valence-corrected chi connectivity index (χ4v) is 4.06. The molecule has 0 amide bonds. The molecule has 1 aromatic carbocycles. The second kappa shape index (κ2) is 4.93. The van der Waals surface area contributed by atoms with Crippen LogP contribution in [-0.4, -0.2) is 21.1 Å². The van der Waals surface area contributed by atoms with Gasteiger partial charge in [-0.15, -0.1) is 0 Å². The van der Waals surface area contributed by atoms with Crippen LogP contribution in [0.15, 0.2) is 24.3 Å². The molecule has 3 heterocycles. The van der Waals surface area contributed by atoms with E-state index in [1.165, 1.54) is 0 Å². The molecule has 23 heavy (non-hydrogen) atoms. The van der Waals surface area contributed by atoms with Crippen LogP contribution in [0.1, 0.15) is 26.1 Å². The Hall–Kier alpha value is -2.14. The summed E-state index contributed by atoms with van der Waals surface area (Å²) in [4.78, 5) is 9.36. The molecule has 3 aromatic rings. The van der Waals surface area contributed by atoms with E-state index < -0.39 is 0 Å². The Labute approximate surface area is 135 Å². The number of hydrogen-bond acceptors (Lipinski definition) is 4. The van der Waals surface area contributed by atoms with E-state index in [1.54, 1.807) is 0 Å². The van der Waals surface area contributed by atoms with Crippen molar-refractivity contribution < 1.29 is 0 Å². The van der Waals surface area contributed by atoms with Crippen LogP contribution in [0.3, 0.4) is 0 Å². The molecule has 0 radical (unpaired) electrons. The molecular formula is C18H23N5. The van der Waals surface area contributed by atoms with Gasteiger partial charge in [0.1, 0.15) is 11.3 Å². The second-order valence-electron chi connectivity index (χ2n) is 6.99. The van der Waals surface area contributed by atoms with E-state index in [9.17, 15) is 0 Å². The van der Waals surface area contributed by atoms with E-state index in [-0.39, 0.29) is 5.41 Å². The van der Waals surface area contributed by atoms with Crippen molar-refractivity contribution in [2.24, 2.45) is 17.1 Å². The maximum absolute atomic E-state index is 6.19. The summed E-state index contributed by atoms with van der Waals surface area (Å²) in [5.74, 6) is 2.18. The van der Waals surface area contributed by atoms with Crippen LogP contribution in [-0.2, 0) is 13.0 Å². The number of imidazole rings is 1. The van der Waals surface area contributed by atoms with Crippen molar-refractivity contribution >= 4 is 27.8 Å². The maximum Gasteiger partial charge on any atom is 0.152 e. The number of hydrogen-bond donors (Lipinski definition) is 2. The standard InChI is InChI=1S/C18H23N5/c1-3-11-8-14-22-15-16(23(14)10-18(11,2)9-19)12-6-4-5-7-13(12)21-17(15)20/h4-7,11H,3,8-10,19H2,1-2H3,(H2,20,21). The lowest BCUT2D eigenvalue weighted by atomic mass is 9.71. The van der Waals surface area contributed by atoms with Gasteiger partial charge in [0.2, 0.25) is 0 Å². The molecule has 1 aliphatic heterocycles. The highest BCUT2D eigenvalue weighted by molar-refractivity contribution is 6.06. The SMILES string of the molecule is CCC1Cc2nc3c(N)nc4ccccc4c3n2CC1(C)CN. The van der Waals surface area contributed by atoms with Crippen LogP contribution in [0.4, 0.5) is 5.82 Å². The van der Waals surface area contributed by atoms with Crippen LogP contribution in [0.25, 0.3) is 21.9 Å². The molecule has 0 aliphatic carbocycles. The van der Waals surface area contributed by atoms with Gasteiger partial charge in [0.15, 0.2) is 5.82 Å². The van der Waals surface area contributed by atoms with Crippen molar-refractivity contribution in [2.45, 2.75) is 33.2 Å². The number of pyridine rings is 1. The molecule has 4 N–H and O–H groups in total. The number of nitrogens with two attached hydrogens (primary N) is 2. The quantitative estimate of drug-likeness (QED) is 0.762. The van der Waals surface area contributed by atoms with Crippen molar-refractivity contribution in [3.8, 4) is 0 Å². The third-order valence-electron chi connectivity index (χ3n) is 5.58. The summed E-state index contributed by atoms with van der Waals surface area (Å²) in [6, 6.07) is 8.14. The number of fused-ring (bicyclic) bond motifs is 5. The number of rotatable bonds is 2. The molecule has 2 aromatic heterocycles. The van der Waals surface area contributed by atoms with Crippen LogP contribution >= 0.6 is 0 Å². The van der Waals surface area contributed by atoms with E-state index in [0.29, 0.717) is 18.3 Å². The van der Waals surface area contributed by atoms with Gasteiger partial charge in [-0.2, -0.15) is 0 Å². The highest BCUT2D eigenvalue weighted by Crippen LogP contribution is 2.41. The molecule has 2 atom stereocenters. The number of benzene rings is 1. The van der Waals surface area contributed by atoms with E-state index in [2.05, 4.69) is 29.5 Å². The number of aromatic nitrogens is 3. The molecule has 120 valence electrons. The number of nitrogens with zero attached hydrogens (tertiary/aromatic N) is 3. The third-order valence-corrected chi connectivity index (χ3v) is 5.58. The third kappa shape index (κ3) is 1.96. The average Bonchev–Trinajstić information content (AvgIpc) is 2.93. The summed E-state index contributed by atoms with van der Waals surface area (Å²) < 4.78 is 2.33. The van der Waals surface area contributed by atoms with Crippen molar-refractivity contribution in [1.82, 2.24) is 14.5 Å². The molecule has 5 nitrogen and oxygen atoms in total. The largest absolute Gasteiger partial charge is 0.382 e. The Morgan fingerprint density at radius 2 is 2.09 bits per heavy atom. The van der Waals surface area contributed by atoms with Crippen molar-refractivity contribution in [2.75, 3.05) is 12.3 Å². The molecule has 0 spiro atoms. The minimum Gasteiger partial charge on any atom is -0.382 e. The molecule has 0 fully saturated rings. The van der Waals surface area contributed by atoms with Gasteiger partial charge in [-0.05, 0) is 18.5 Å². The normalized spacial score (nSPS) is 24.2. The lowest BCUT2D eigenvalue weighted by Gasteiger charge is -2.41. The van der Waals surface area contributed by atoms with Crippen LogP contribution in [0.5, 0.6) is 0 Å². The Kier molecular flexibility index (Phi) is 3.10. The molecule has 0 saturated carbocycles. The van der Waals surface area contributed by atoms with Crippen LogP contribution in [0, 0.1) is 11.3 Å². The Balaban J connectivity index is 2.04. The van der Waals surface area contributed by atoms with Gasteiger partial charge in [-0.3, -0.25) is 0 Å². The average molecular weight is 309 g/mol. The summed E-state index contributed by atoms with van der Waals surface area (Å²) in [5, 5.41) is 1.12. The van der Waals surface area contributed by atoms with Crippen LogP contribution < -0.4 is 11.5 Å². The van der Waals surface area contributed by atoms with Crippen molar-refractivity contribution in [1.29, 1.82) is 0 Å². The van der Waals surface area contributed by atoms with Gasteiger partial charge in [-0.25, -0.2) is 9.97 Å². The van der Waals surface area contributed by atoms with Gasteiger partial charge in [0.25, 0.3) is 0 Å². The number of anilines is 1. The second-order valence-corrected chi connectivity index (χ2v) is 6.99. The Bertz CT molecular complexity index is 897. The lowest BCUT2D eigenvalue weighted by Crippen LogP contribution is -2.43. The van der Waals surface area contributed by atoms with Gasteiger partial charge >= 0.3 is 0 Å². The monoisotopic (exact) mass is 309 g/mol. The zero-order valence-electron chi connectivity index (χ0n) is 13.7. The van der Waals surface area contributed by atoms with Gasteiger partial charge < -0.3 is 16.0 Å². The molecule has 2 unspecified atom stereocenters. The molecular weight excluding hydrogens is 286 g/mol. The van der Waals surface area contributed by atoms with E-state index >= 15 is 0 Å².